The third-order valence-corrected chi connectivity index (χ3v) is 3.74. The van der Waals surface area contributed by atoms with Crippen LogP contribution in [0.2, 0.25) is 5.15 Å². The van der Waals surface area contributed by atoms with Crippen LogP contribution < -0.4 is 0 Å². The summed E-state index contributed by atoms with van der Waals surface area (Å²) in [5.74, 6) is -0.780. The van der Waals surface area contributed by atoms with Gasteiger partial charge in [0.15, 0.2) is 5.15 Å². The fourth-order valence-electron chi connectivity index (χ4n) is 2.64. The molecule has 5 heteroatoms. The average molecular weight is 243 g/mol. The molecule has 0 amide bonds. The second-order valence-corrected chi connectivity index (χ2v) is 4.80. The zero-order chi connectivity index (χ0) is 11.8. The molecule has 1 saturated carbocycles. The van der Waals surface area contributed by atoms with Gasteiger partial charge in [-0.25, -0.2) is 4.98 Å². The van der Waals surface area contributed by atoms with Crippen molar-refractivity contribution in [3.8, 4) is 0 Å². The molecule has 0 atom stereocenters. The highest BCUT2D eigenvalue weighted by Gasteiger charge is 2.45. The van der Waals surface area contributed by atoms with Gasteiger partial charge in [-0.1, -0.05) is 30.9 Å². The highest BCUT2D eigenvalue weighted by atomic mass is 35.5. The molecule has 1 aromatic rings. The molecule has 1 aliphatic rings. The van der Waals surface area contributed by atoms with Gasteiger partial charge in [0.05, 0.1) is 12.0 Å². The maximum Gasteiger partial charge on any atom is 0.315 e. The Kier molecular flexibility index (Phi) is 2.93. The van der Waals surface area contributed by atoms with Crippen LogP contribution in [0.15, 0.2) is 6.33 Å². The molecular weight excluding hydrogens is 228 g/mol. The Bertz CT molecular complexity index is 389. The van der Waals surface area contributed by atoms with E-state index in [9.17, 15) is 9.90 Å². The smallest absolute Gasteiger partial charge is 0.315 e. The van der Waals surface area contributed by atoms with Crippen molar-refractivity contribution in [3.05, 3.63) is 17.2 Å². The van der Waals surface area contributed by atoms with E-state index in [0.717, 1.165) is 19.3 Å². The van der Waals surface area contributed by atoms with Crippen LogP contribution >= 0.6 is 11.6 Å². The molecule has 0 bridgehead atoms. The van der Waals surface area contributed by atoms with E-state index in [1.54, 1.807) is 17.9 Å². The molecule has 4 nitrogen and oxygen atoms in total. The maximum atomic E-state index is 11.6. The summed E-state index contributed by atoms with van der Waals surface area (Å²) in [6.07, 6.45) is 5.87. The first-order valence-electron chi connectivity index (χ1n) is 5.48. The monoisotopic (exact) mass is 242 g/mol. The van der Waals surface area contributed by atoms with Crippen molar-refractivity contribution in [2.45, 2.75) is 37.5 Å². The van der Waals surface area contributed by atoms with Crippen molar-refractivity contribution in [2.75, 3.05) is 0 Å². The Morgan fingerprint density at radius 2 is 2.12 bits per heavy atom. The van der Waals surface area contributed by atoms with Crippen molar-refractivity contribution in [3.63, 3.8) is 0 Å². The van der Waals surface area contributed by atoms with Crippen LogP contribution in [0.4, 0.5) is 0 Å². The van der Waals surface area contributed by atoms with E-state index in [0.29, 0.717) is 23.7 Å². The van der Waals surface area contributed by atoms with Crippen molar-refractivity contribution in [1.82, 2.24) is 9.55 Å². The van der Waals surface area contributed by atoms with Gasteiger partial charge in [0, 0.05) is 7.05 Å². The lowest BCUT2D eigenvalue weighted by Crippen LogP contribution is -2.39. The number of hydrogen-bond acceptors (Lipinski definition) is 2. The quantitative estimate of drug-likeness (QED) is 0.866. The number of halogens is 1. The number of carboxylic acids is 1. The second-order valence-electron chi connectivity index (χ2n) is 4.44. The van der Waals surface area contributed by atoms with E-state index in [-0.39, 0.29) is 0 Å². The van der Waals surface area contributed by atoms with Crippen LogP contribution in [0.25, 0.3) is 0 Å². The van der Waals surface area contributed by atoms with Gasteiger partial charge in [-0.15, -0.1) is 0 Å². The predicted octanol–water partition coefficient (Wildman–Crippen LogP) is 2.36. The van der Waals surface area contributed by atoms with E-state index in [4.69, 9.17) is 11.6 Å². The summed E-state index contributed by atoms with van der Waals surface area (Å²) in [5, 5.41) is 9.84. The zero-order valence-corrected chi connectivity index (χ0v) is 10.00. The van der Waals surface area contributed by atoms with Gasteiger partial charge >= 0.3 is 5.97 Å². The van der Waals surface area contributed by atoms with Gasteiger partial charge < -0.3 is 9.67 Å². The molecule has 1 fully saturated rings. The van der Waals surface area contributed by atoms with Gasteiger partial charge in [0.2, 0.25) is 0 Å². The zero-order valence-electron chi connectivity index (χ0n) is 9.24. The van der Waals surface area contributed by atoms with Gasteiger partial charge in [0.25, 0.3) is 0 Å². The molecule has 2 rings (SSSR count). The Labute approximate surface area is 99.2 Å². The number of carbonyl (C=O) groups is 1. The fraction of sp³-hybridized carbons (Fsp3) is 0.636. The lowest BCUT2D eigenvalue weighted by molar-refractivity contribution is -0.145. The predicted molar refractivity (Wildman–Crippen MR) is 60.6 cm³/mol. The minimum atomic E-state index is -0.833. The van der Waals surface area contributed by atoms with E-state index in [1.807, 2.05) is 0 Å². The molecule has 1 N–H and O–H groups in total. The molecule has 1 aromatic heterocycles. The summed E-state index contributed by atoms with van der Waals surface area (Å²) in [5.41, 5.74) is -0.179. The maximum absolute atomic E-state index is 11.6. The summed E-state index contributed by atoms with van der Waals surface area (Å²) in [6.45, 7) is 0. The first-order valence-corrected chi connectivity index (χ1v) is 5.86. The lowest BCUT2D eigenvalue weighted by Gasteiger charge is -2.33. The highest BCUT2D eigenvalue weighted by molar-refractivity contribution is 6.30. The molecule has 1 heterocycles. The number of nitrogens with zero attached hydrogens (tertiary/aromatic N) is 2. The molecule has 0 aliphatic heterocycles. The van der Waals surface area contributed by atoms with Gasteiger partial charge in [-0.3, -0.25) is 4.79 Å². The molecule has 16 heavy (non-hydrogen) atoms. The first kappa shape index (κ1) is 11.5. The third-order valence-electron chi connectivity index (χ3n) is 3.46. The molecule has 0 spiro atoms. The first-order chi connectivity index (χ1) is 7.58. The van der Waals surface area contributed by atoms with E-state index in [2.05, 4.69) is 4.98 Å². The van der Waals surface area contributed by atoms with Gasteiger partial charge in [-0.2, -0.15) is 0 Å². The third kappa shape index (κ3) is 1.61. The minimum absolute atomic E-state index is 0.326. The summed E-state index contributed by atoms with van der Waals surface area (Å²) < 4.78 is 1.74. The summed E-state index contributed by atoms with van der Waals surface area (Å²) in [6, 6.07) is 0. The second kappa shape index (κ2) is 4.09. The average Bonchev–Trinajstić information content (AvgIpc) is 2.60. The molecule has 0 saturated heterocycles. The summed E-state index contributed by atoms with van der Waals surface area (Å²) in [4.78, 5) is 15.6. The SMILES string of the molecule is Cn1cnc(Cl)c1C1(C(=O)O)CCCCC1. The van der Waals surface area contributed by atoms with Crippen LogP contribution in [0.3, 0.4) is 0 Å². The number of rotatable bonds is 2. The van der Waals surface area contributed by atoms with Crippen LogP contribution in [0.1, 0.15) is 37.8 Å². The molecule has 88 valence electrons. The number of aromatic nitrogens is 2. The Balaban J connectivity index is 2.51. The van der Waals surface area contributed by atoms with Gasteiger partial charge in [-0.05, 0) is 12.8 Å². The van der Waals surface area contributed by atoms with Crippen LogP contribution in [0.5, 0.6) is 0 Å². The standard InChI is InChI=1S/C11H15ClN2O2/c1-14-7-13-9(12)8(14)11(10(15)16)5-3-2-4-6-11/h7H,2-6H2,1H3,(H,15,16). The van der Waals surface area contributed by atoms with E-state index >= 15 is 0 Å². The minimum Gasteiger partial charge on any atom is -0.481 e. The molecule has 0 radical (unpaired) electrons. The van der Waals surface area contributed by atoms with Crippen molar-refractivity contribution in [1.29, 1.82) is 0 Å². The summed E-state index contributed by atoms with van der Waals surface area (Å²) in [7, 11) is 1.80. The van der Waals surface area contributed by atoms with E-state index < -0.39 is 11.4 Å². The van der Waals surface area contributed by atoms with Crippen molar-refractivity contribution in [2.24, 2.45) is 7.05 Å². The van der Waals surface area contributed by atoms with E-state index in [1.165, 1.54) is 0 Å². The number of hydrogen-bond donors (Lipinski definition) is 1. The number of aliphatic carboxylic acids is 1. The normalized spacial score (nSPS) is 19.6. The van der Waals surface area contributed by atoms with Gasteiger partial charge in [0.1, 0.15) is 5.41 Å². The van der Waals surface area contributed by atoms with Crippen molar-refractivity contribution >= 4 is 17.6 Å². The molecule has 1 aliphatic carbocycles. The number of imidazole rings is 1. The van der Waals surface area contributed by atoms with Crippen LogP contribution in [-0.4, -0.2) is 20.6 Å². The van der Waals surface area contributed by atoms with Crippen molar-refractivity contribution < 1.29 is 9.90 Å². The number of aryl methyl sites for hydroxylation is 1. The fourth-order valence-corrected chi connectivity index (χ4v) is 3.00. The molecule has 0 unspecified atom stereocenters. The molecule has 0 aromatic carbocycles. The largest absolute Gasteiger partial charge is 0.481 e. The van der Waals surface area contributed by atoms with Crippen LogP contribution in [0, 0.1) is 0 Å². The van der Waals surface area contributed by atoms with Crippen LogP contribution in [-0.2, 0) is 17.3 Å². The molecular formula is C11H15ClN2O2. The highest BCUT2D eigenvalue weighted by Crippen LogP contribution is 2.41. The lowest BCUT2D eigenvalue weighted by atomic mass is 9.72. The Morgan fingerprint density at radius 1 is 1.50 bits per heavy atom. The Hall–Kier alpha value is -1.03. The number of carboxylic acid groups (broad SMARTS) is 1. The Morgan fingerprint density at radius 3 is 2.56 bits per heavy atom. The topological polar surface area (TPSA) is 55.1 Å². The summed E-state index contributed by atoms with van der Waals surface area (Å²) >= 11 is 6.02.